The van der Waals surface area contributed by atoms with Crippen molar-refractivity contribution in [1.82, 2.24) is 20.4 Å². The molecule has 1 aliphatic rings. The topological polar surface area (TPSA) is 69.2 Å². The van der Waals surface area contributed by atoms with Crippen LogP contribution >= 0.6 is 0 Å². The van der Waals surface area contributed by atoms with Crippen molar-refractivity contribution < 1.29 is 9.53 Å². The zero-order valence-electron chi connectivity index (χ0n) is 18.4. The summed E-state index contributed by atoms with van der Waals surface area (Å²) in [6.07, 6.45) is 1.58. The van der Waals surface area contributed by atoms with E-state index in [-0.39, 0.29) is 6.09 Å². The second kappa shape index (κ2) is 12.3. The summed E-state index contributed by atoms with van der Waals surface area (Å²) in [5.41, 5.74) is 1.31. The normalized spacial score (nSPS) is 16.6. The lowest BCUT2D eigenvalue weighted by Gasteiger charge is -2.32. The molecule has 7 heteroatoms. The Kier molecular flexibility index (Phi) is 9.77. The van der Waals surface area contributed by atoms with Gasteiger partial charge in [-0.05, 0) is 46.2 Å². The van der Waals surface area contributed by atoms with Crippen LogP contribution in [0.4, 0.5) is 4.79 Å². The Labute approximate surface area is 175 Å². The number of nitrogens with zero attached hydrogens (tertiary/aromatic N) is 3. The number of ether oxygens (including phenoxy) is 1. The highest BCUT2D eigenvalue weighted by molar-refractivity contribution is 5.80. The molecule has 0 radical (unpaired) electrons. The SMILES string of the molecule is CCNC(=NCC(C)N(C)Cc1ccccc1)NC1CCN(C(=O)OCC)CC1. The van der Waals surface area contributed by atoms with Gasteiger partial charge in [0, 0.05) is 38.3 Å². The van der Waals surface area contributed by atoms with Crippen LogP contribution in [0.3, 0.4) is 0 Å². The Morgan fingerprint density at radius 2 is 1.97 bits per heavy atom. The zero-order valence-corrected chi connectivity index (χ0v) is 18.4. The Hall–Kier alpha value is -2.28. The predicted octanol–water partition coefficient (Wildman–Crippen LogP) is 2.68. The van der Waals surface area contributed by atoms with E-state index >= 15 is 0 Å². The van der Waals surface area contributed by atoms with Gasteiger partial charge in [-0.2, -0.15) is 0 Å². The second-order valence-electron chi connectivity index (χ2n) is 7.57. The second-order valence-corrected chi connectivity index (χ2v) is 7.57. The highest BCUT2D eigenvalue weighted by Gasteiger charge is 2.24. The monoisotopic (exact) mass is 403 g/mol. The molecule has 1 atom stereocenters. The summed E-state index contributed by atoms with van der Waals surface area (Å²) < 4.78 is 5.09. The molecular formula is C22H37N5O2. The minimum absolute atomic E-state index is 0.207. The van der Waals surface area contributed by atoms with Crippen molar-refractivity contribution in [2.75, 3.05) is 39.8 Å². The largest absolute Gasteiger partial charge is 0.450 e. The number of hydrogen-bond acceptors (Lipinski definition) is 4. The molecule has 2 rings (SSSR count). The minimum Gasteiger partial charge on any atom is -0.450 e. The molecule has 0 aromatic heterocycles. The molecule has 1 amide bonds. The molecule has 0 saturated carbocycles. The first-order valence-electron chi connectivity index (χ1n) is 10.7. The number of rotatable bonds is 8. The first kappa shape index (κ1) is 23.0. The smallest absolute Gasteiger partial charge is 0.409 e. The van der Waals surface area contributed by atoms with Gasteiger partial charge < -0.3 is 20.3 Å². The van der Waals surface area contributed by atoms with Crippen molar-refractivity contribution in [3.8, 4) is 0 Å². The van der Waals surface area contributed by atoms with Crippen LogP contribution in [0.1, 0.15) is 39.2 Å². The standard InChI is InChI=1S/C22H37N5O2/c1-5-23-21(25-20-12-14-27(15-13-20)22(28)29-6-2)24-16-18(3)26(4)17-19-10-8-7-9-11-19/h7-11,18,20H,5-6,12-17H2,1-4H3,(H2,23,24,25). The first-order chi connectivity index (χ1) is 14.0. The molecule has 162 valence electrons. The predicted molar refractivity (Wildman–Crippen MR) is 118 cm³/mol. The van der Waals surface area contributed by atoms with E-state index in [2.05, 4.69) is 60.7 Å². The number of guanidine groups is 1. The first-order valence-corrected chi connectivity index (χ1v) is 10.7. The van der Waals surface area contributed by atoms with Gasteiger partial charge in [-0.25, -0.2) is 4.79 Å². The molecule has 1 unspecified atom stereocenters. The maximum absolute atomic E-state index is 11.8. The van der Waals surface area contributed by atoms with Gasteiger partial charge in [0.2, 0.25) is 0 Å². The summed E-state index contributed by atoms with van der Waals surface area (Å²) in [6.45, 7) is 10.4. The van der Waals surface area contributed by atoms with Gasteiger partial charge in [0.1, 0.15) is 0 Å². The highest BCUT2D eigenvalue weighted by Crippen LogP contribution is 2.12. The van der Waals surface area contributed by atoms with Crippen molar-refractivity contribution in [3.05, 3.63) is 35.9 Å². The fourth-order valence-corrected chi connectivity index (χ4v) is 3.32. The molecule has 1 aromatic carbocycles. The summed E-state index contributed by atoms with van der Waals surface area (Å²) in [6, 6.07) is 11.1. The van der Waals surface area contributed by atoms with E-state index in [0.29, 0.717) is 31.8 Å². The lowest BCUT2D eigenvalue weighted by Crippen LogP contribution is -2.50. The van der Waals surface area contributed by atoms with Crippen LogP contribution in [0.5, 0.6) is 0 Å². The van der Waals surface area contributed by atoms with E-state index in [9.17, 15) is 4.79 Å². The molecule has 0 aliphatic carbocycles. The van der Waals surface area contributed by atoms with Crippen LogP contribution in [0.2, 0.25) is 0 Å². The van der Waals surface area contributed by atoms with E-state index in [1.54, 1.807) is 4.90 Å². The number of aliphatic imine (C=N–C) groups is 1. The number of benzene rings is 1. The Morgan fingerprint density at radius 1 is 1.28 bits per heavy atom. The van der Waals surface area contributed by atoms with Crippen molar-refractivity contribution in [2.24, 2.45) is 4.99 Å². The number of likely N-dealkylation sites (tertiary alicyclic amines) is 1. The van der Waals surface area contributed by atoms with Crippen LogP contribution in [0, 0.1) is 0 Å². The summed E-state index contributed by atoms with van der Waals surface area (Å²) in [7, 11) is 2.14. The summed E-state index contributed by atoms with van der Waals surface area (Å²) >= 11 is 0. The molecule has 29 heavy (non-hydrogen) atoms. The van der Waals surface area contributed by atoms with E-state index < -0.39 is 0 Å². The maximum Gasteiger partial charge on any atom is 0.409 e. The van der Waals surface area contributed by atoms with Crippen molar-refractivity contribution >= 4 is 12.1 Å². The van der Waals surface area contributed by atoms with Crippen LogP contribution in [0.25, 0.3) is 0 Å². The van der Waals surface area contributed by atoms with Crippen molar-refractivity contribution in [2.45, 2.75) is 52.2 Å². The number of carbonyl (C=O) groups excluding carboxylic acids is 1. The third-order valence-electron chi connectivity index (χ3n) is 5.25. The number of carbonyl (C=O) groups is 1. The molecule has 1 saturated heterocycles. The zero-order chi connectivity index (χ0) is 21.1. The third-order valence-corrected chi connectivity index (χ3v) is 5.25. The Bertz CT molecular complexity index is 629. The Balaban J connectivity index is 1.82. The molecule has 0 spiro atoms. The van der Waals surface area contributed by atoms with E-state index in [1.165, 1.54) is 5.56 Å². The van der Waals surface area contributed by atoms with Gasteiger partial charge in [0.05, 0.1) is 13.2 Å². The van der Waals surface area contributed by atoms with E-state index in [1.807, 2.05) is 13.0 Å². The lowest BCUT2D eigenvalue weighted by atomic mass is 10.1. The van der Waals surface area contributed by atoms with Gasteiger partial charge in [0.25, 0.3) is 0 Å². The minimum atomic E-state index is -0.207. The van der Waals surface area contributed by atoms with Crippen LogP contribution in [-0.4, -0.2) is 73.8 Å². The van der Waals surface area contributed by atoms with E-state index in [4.69, 9.17) is 9.73 Å². The van der Waals surface area contributed by atoms with E-state index in [0.717, 1.165) is 38.4 Å². The van der Waals surface area contributed by atoms with Crippen LogP contribution in [-0.2, 0) is 11.3 Å². The number of amides is 1. The summed E-state index contributed by atoms with van der Waals surface area (Å²) in [5, 5.41) is 6.88. The fourth-order valence-electron chi connectivity index (χ4n) is 3.32. The van der Waals surface area contributed by atoms with Gasteiger partial charge in [-0.1, -0.05) is 30.3 Å². The van der Waals surface area contributed by atoms with Gasteiger partial charge in [-0.3, -0.25) is 9.89 Å². The maximum atomic E-state index is 11.8. The fraction of sp³-hybridized carbons (Fsp3) is 0.636. The number of hydrogen-bond donors (Lipinski definition) is 2. The number of piperidine rings is 1. The van der Waals surface area contributed by atoms with Gasteiger partial charge in [-0.15, -0.1) is 0 Å². The summed E-state index contributed by atoms with van der Waals surface area (Å²) in [4.78, 5) is 20.7. The van der Waals surface area contributed by atoms with Gasteiger partial charge in [0.15, 0.2) is 5.96 Å². The van der Waals surface area contributed by atoms with Gasteiger partial charge >= 0.3 is 6.09 Å². The molecule has 1 aromatic rings. The molecular weight excluding hydrogens is 366 g/mol. The quantitative estimate of drug-likeness (QED) is 0.516. The molecule has 2 N–H and O–H groups in total. The van der Waals surface area contributed by atoms with Crippen LogP contribution < -0.4 is 10.6 Å². The van der Waals surface area contributed by atoms with Crippen molar-refractivity contribution in [3.63, 3.8) is 0 Å². The molecule has 7 nitrogen and oxygen atoms in total. The molecule has 1 heterocycles. The molecule has 1 fully saturated rings. The lowest BCUT2D eigenvalue weighted by molar-refractivity contribution is 0.0963. The average molecular weight is 404 g/mol. The highest BCUT2D eigenvalue weighted by atomic mass is 16.6. The Morgan fingerprint density at radius 3 is 2.59 bits per heavy atom. The number of likely N-dealkylation sites (N-methyl/N-ethyl adjacent to an activating group) is 1. The summed E-state index contributed by atoms with van der Waals surface area (Å²) in [5.74, 6) is 0.849. The number of nitrogens with one attached hydrogen (secondary N) is 2. The molecule has 0 bridgehead atoms. The van der Waals surface area contributed by atoms with Crippen LogP contribution in [0.15, 0.2) is 35.3 Å². The third kappa shape index (κ3) is 7.93. The van der Waals surface area contributed by atoms with Crippen molar-refractivity contribution in [1.29, 1.82) is 0 Å². The molecule has 1 aliphatic heterocycles. The average Bonchev–Trinajstić information content (AvgIpc) is 2.73.